The van der Waals surface area contributed by atoms with Crippen LogP contribution in [0.15, 0.2) is 57.4 Å². The second-order valence-corrected chi connectivity index (χ2v) is 8.83. The third kappa shape index (κ3) is 4.34. The molecule has 2 aromatic carbocycles. The predicted molar refractivity (Wildman–Crippen MR) is 124 cm³/mol. The Hall–Kier alpha value is -2.84. The molecule has 0 bridgehead atoms. The average molecular weight is 483 g/mol. The lowest BCUT2D eigenvalue weighted by atomic mass is 10.0. The highest BCUT2D eigenvalue weighted by molar-refractivity contribution is 9.10. The van der Waals surface area contributed by atoms with Gasteiger partial charge in [0.05, 0.1) is 22.9 Å². The van der Waals surface area contributed by atoms with Crippen molar-refractivity contribution in [1.29, 1.82) is 0 Å². The highest BCUT2D eigenvalue weighted by Crippen LogP contribution is 2.28. The molecule has 0 aliphatic carbocycles. The molecular formula is C22H19BrN4O2S. The zero-order valence-corrected chi connectivity index (χ0v) is 18.9. The van der Waals surface area contributed by atoms with Crippen molar-refractivity contribution in [2.75, 3.05) is 5.32 Å². The van der Waals surface area contributed by atoms with Gasteiger partial charge in [0, 0.05) is 28.4 Å². The number of nitrogens with zero attached hydrogens (tertiary/aromatic N) is 3. The molecule has 0 saturated heterocycles. The van der Waals surface area contributed by atoms with E-state index in [2.05, 4.69) is 44.2 Å². The zero-order valence-electron chi connectivity index (χ0n) is 16.5. The number of nitrogens with one attached hydrogen (secondary N) is 1. The third-order valence-electron chi connectivity index (χ3n) is 4.77. The molecule has 4 rings (SSSR count). The maximum absolute atomic E-state index is 12.6. The minimum absolute atomic E-state index is 0.152. The van der Waals surface area contributed by atoms with Gasteiger partial charge in [0.1, 0.15) is 0 Å². The zero-order chi connectivity index (χ0) is 21.3. The summed E-state index contributed by atoms with van der Waals surface area (Å²) in [7, 11) is 0. The molecule has 30 heavy (non-hydrogen) atoms. The van der Waals surface area contributed by atoms with Gasteiger partial charge in [-0.1, -0.05) is 39.7 Å². The molecule has 1 N–H and O–H groups in total. The molecule has 152 valence electrons. The number of halogens is 1. The fourth-order valence-electron chi connectivity index (χ4n) is 3.25. The summed E-state index contributed by atoms with van der Waals surface area (Å²) < 4.78 is 2.27. The van der Waals surface area contributed by atoms with Gasteiger partial charge in [-0.3, -0.25) is 14.2 Å². The number of hydrogen-bond donors (Lipinski definition) is 1. The maximum Gasteiger partial charge on any atom is 0.261 e. The average Bonchev–Trinajstić information content (AvgIpc) is 3.16. The molecule has 0 saturated carbocycles. The Bertz CT molecular complexity index is 1310. The van der Waals surface area contributed by atoms with Crippen molar-refractivity contribution >= 4 is 49.2 Å². The molecule has 0 fully saturated rings. The molecule has 0 radical (unpaired) electrons. The van der Waals surface area contributed by atoms with E-state index in [1.807, 2.05) is 30.5 Å². The molecule has 0 spiro atoms. The Morgan fingerprint density at radius 1 is 1.20 bits per heavy atom. The topological polar surface area (TPSA) is 76.9 Å². The number of anilines is 1. The first-order valence-corrected chi connectivity index (χ1v) is 11.1. The van der Waals surface area contributed by atoms with Crippen LogP contribution in [0.5, 0.6) is 0 Å². The first-order chi connectivity index (χ1) is 14.4. The van der Waals surface area contributed by atoms with Crippen molar-refractivity contribution in [3.8, 4) is 11.3 Å². The maximum atomic E-state index is 12.6. The van der Waals surface area contributed by atoms with Gasteiger partial charge >= 0.3 is 0 Å². The summed E-state index contributed by atoms with van der Waals surface area (Å²) >= 11 is 4.76. The third-order valence-corrected chi connectivity index (χ3v) is 6.03. The summed E-state index contributed by atoms with van der Waals surface area (Å²) in [5.41, 5.74) is 4.70. The van der Waals surface area contributed by atoms with Crippen molar-refractivity contribution in [1.82, 2.24) is 14.5 Å². The number of thiazole rings is 1. The number of aryl methyl sites for hydroxylation is 3. The van der Waals surface area contributed by atoms with E-state index in [4.69, 9.17) is 0 Å². The molecule has 4 aromatic rings. The van der Waals surface area contributed by atoms with Crippen molar-refractivity contribution in [3.63, 3.8) is 0 Å². The highest BCUT2D eigenvalue weighted by atomic mass is 79.9. The van der Waals surface area contributed by atoms with E-state index in [1.54, 1.807) is 12.1 Å². The van der Waals surface area contributed by atoms with Crippen LogP contribution in [0.3, 0.4) is 0 Å². The van der Waals surface area contributed by atoms with Crippen molar-refractivity contribution in [3.05, 3.63) is 74.1 Å². The van der Waals surface area contributed by atoms with E-state index < -0.39 is 0 Å². The second-order valence-electron chi connectivity index (χ2n) is 7.06. The van der Waals surface area contributed by atoms with Gasteiger partial charge < -0.3 is 5.32 Å². The van der Waals surface area contributed by atoms with Crippen LogP contribution >= 0.6 is 27.3 Å². The number of hydrogen-bond acceptors (Lipinski definition) is 5. The molecule has 0 atom stereocenters. The summed E-state index contributed by atoms with van der Waals surface area (Å²) in [5, 5.41) is 5.82. The monoisotopic (exact) mass is 482 g/mol. The van der Waals surface area contributed by atoms with Crippen LogP contribution < -0.4 is 10.9 Å². The van der Waals surface area contributed by atoms with E-state index >= 15 is 0 Å². The highest BCUT2D eigenvalue weighted by Gasteiger charge is 2.11. The number of aromatic nitrogens is 3. The van der Waals surface area contributed by atoms with Gasteiger partial charge in [0.2, 0.25) is 5.91 Å². The second kappa shape index (κ2) is 8.49. The van der Waals surface area contributed by atoms with E-state index in [9.17, 15) is 9.59 Å². The Kier molecular flexibility index (Phi) is 5.78. The van der Waals surface area contributed by atoms with Gasteiger partial charge in [-0.2, -0.15) is 0 Å². The molecule has 0 aliphatic heterocycles. The fourth-order valence-corrected chi connectivity index (χ4v) is 4.34. The molecule has 0 aliphatic rings. The summed E-state index contributed by atoms with van der Waals surface area (Å²) in [6.45, 7) is 4.35. The smallest absolute Gasteiger partial charge is 0.261 e. The van der Waals surface area contributed by atoms with E-state index in [-0.39, 0.29) is 24.4 Å². The number of fused-ring (bicyclic) bond motifs is 1. The Morgan fingerprint density at radius 3 is 2.83 bits per heavy atom. The summed E-state index contributed by atoms with van der Waals surface area (Å²) in [4.78, 5) is 33.8. The standard InChI is InChI=1S/C22H19BrN4O2S/c1-13-3-5-16(14(2)9-13)19-11-30-22(25-19)26-20(28)7-8-27-12-24-18-6-4-15(23)10-17(18)21(27)29/h3-6,9-12H,7-8H2,1-2H3,(H,25,26,28). The van der Waals surface area contributed by atoms with Crippen LogP contribution in [0.1, 0.15) is 17.5 Å². The summed E-state index contributed by atoms with van der Waals surface area (Å²) in [6, 6.07) is 11.6. The lowest BCUT2D eigenvalue weighted by molar-refractivity contribution is -0.116. The Balaban J connectivity index is 1.43. The lowest BCUT2D eigenvalue weighted by Crippen LogP contribution is -2.23. The first kappa shape index (κ1) is 20.4. The molecule has 2 heterocycles. The van der Waals surface area contributed by atoms with Crippen molar-refractivity contribution in [2.24, 2.45) is 0 Å². The normalized spacial score (nSPS) is 11.0. The molecule has 8 heteroatoms. The van der Waals surface area contributed by atoms with E-state index in [0.717, 1.165) is 21.3 Å². The van der Waals surface area contributed by atoms with Gasteiger partial charge in [-0.25, -0.2) is 9.97 Å². The molecule has 0 unspecified atom stereocenters. The number of benzene rings is 2. The SMILES string of the molecule is Cc1ccc(-c2csc(NC(=O)CCn3cnc4ccc(Br)cc4c3=O)n2)c(C)c1. The minimum atomic E-state index is -0.197. The van der Waals surface area contributed by atoms with E-state index in [1.165, 1.54) is 27.8 Å². The van der Waals surface area contributed by atoms with Crippen LogP contribution in [0.4, 0.5) is 5.13 Å². The largest absolute Gasteiger partial charge is 0.302 e. The van der Waals surface area contributed by atoms with Crippen LogP contribution in [0, 0.1) is 13.8 Å². The number of rotatable bonds is 5. The van der Waals surface area contributed by atoms with Gasteiger partial charge in [-0.15, -0.1) is 11.3 Å². The molecule has 1 amide bonds. The van der Waals surface area contributed by atoms with Gasteiger partial charge in [-0.05, 0) is 37.6 Å². The summed E-state index contributed by atoms with van der Waals surface area (Å²) in [6.07, 6.45) is 1.63. The predicted octanol–water partition coefficient (Wildman–Crippen LogP) is 4.93. The van der Waals surface area contributed by atoms with Gasteiger partial charge in [0.25, 0.3) is 5.56 Å². The van der Waals surface area contributed by atoms with Crippen molar-refractivity contribution in [2.45, 2.75) is 26.8 Å². The van der Waals surface area contributed by atoms with Gasteiger partial charge in [0.15, 0.2) is 5.13 Å². The molecular weight excluding hydrogens is 464 g/mol. The van der Waals surface area contributed by atoms with Crippen LogP contribution in [-0.2, 0) is 11.3 Å². The summed E-state index contributed by atoms with van der Waals surface area (Å²) in [5.74, 6) is -0.197. The lowest BCUT2D eigenvalue weighted by Gasteiger charge is -2.07. The fraction of sp³-hybridized carbons (Fsp3) is 0.182. The first-order valence-electron chi connectivity index (χ1n) is 9.38. The van der Waals surface area contributed by atoms with E-state index in [0.29, 0.717) is 16.0 Å². The molecule has 6 nitrogen and oxygen atoms in total. The van der Waals surface area contributed by atoms with Crippen molar-refractivity contribution < 1.29 is 4.79 Å². The number of carbonyl (C=O) groups excluding carboxylic acids is 1. The quantitative estimate of drug-likeness (QED) is 0.437. The molecule has 2 aromatic heterocycles. The van der Waals surface area contributed by atoms with Crippen LogP contribution in [-0.4, -0.2) is 20.4 Å². The van der Waals surface area contributed by atoms with Crippen LogP contribution in [0.2, 0.25) is 0 Å². The Morgan fingerprint density at radius 2 is 2.03 bits per heavy atom. The minimum Gasteiger partial charge on any atom is -0.302 e. The Labute approximate surface area is 185 Å². The van der Waals surface area contributed by atoms with Crippen LogP contribution in [0.25, 0.3) is 22.2 Å². The number of carbonyl (C=O) groups is 1. The number of amides is 1.